The Morgan fingerprint density at radius 2 is 1.40 bits per heavy atom. The van der Waals surface area contributed by atoms with Crippen molar-refractivity contribution in [2.75, 3.05) is 26.2 Å². The number of β-amino-alcohol motifs (C(OH)–C–C–N with tert-alkyl or cyclic N) is 1. The van der Waals surface area contributed by atoms with Crippen molar-refractivity contribution >= 4 is 0 Å². The molecule has 0 aromatic heterocycles. The van der Waals surface area contributed by atoms with Gasteiger partial charge in [0.05, 0.1) is 6.10 Å². The molecule has 0 radical (unpaired) electrons. The molecule has 1 atom stereocenters. The highest BCUT2D eigenvalue weighted by Gasteiger charge is 2.15. The summed E-state index contributed by atoms with van der Waals surface area (Å²) >= 11 is 0. The van der Waals surface area contributed by atoms with Gasteiger partial charge in [0.2, 0.25) is 0 Å². The van der Waals surface area contributed by atoms with E-state index in [0.717, 1.165) is 31.5 Å². The van der Waals surface area contributed by atoms with Gasteiger partial charge in [0, 0.05) is 18.6 Å². The van der Waals surface area contributed by atoms with Crippen molar-refractivity contribution in [2.45, 2.75) is 73.0 Å². The van der Waals surface area contributed by atoms with Crippen molar-refractivity contribution in [1.82, 2.24) is 10.2 Å². The Balaban J connectivity index is 4.17. The SMILES string of the molecule is CC(C)CCN(CCC(C)C)CC(O)CNC(C)(C)C. The first kappa shape index (κ1) is 19.9. The number of hydrogen-bond donors (Lipinski definition) is 2. The molecule has 0 saturated heterocycles. The maximum Gasteiger partial charge on any atom is 0.0791 e. The monoisotopic (exact) mass is 286 g/mol. The Hall–Kier alpha value is -0.120. The fraction of sp³-hybridized carbons (Fsp3) is 1.00. The Morgan fingerprint density at radius 1 is 0.950 bits per heavy atom. The van der Waals surface area contributed by atoms with E-state index in [4.69, 9.17) is 0 Å². The van der Waals surface area contributed by atoms with Crippen LogP contribution in [0.2, 0.25) is 0 Å². The summed E-state index contributed by atoms with van der Waals surface area (Å²) in [6.45, 7) is 19.1. The zero-order valence-electron chi connectivity index (χ0n) is 14.9. The predicted molar refractivity (Wildman–Crippen MR) is 89.1 cm³/mol. The second kappa shape index (κ2) is 9.75. The lowest BCUT2D eigenvalue weighted by Crippen LogP contribution is -2.45. The lowest BCUT2D eigenvalue weighted by atomic mass is 10.1. The maximum absolute atomic E-state index is 10.2. The Kier molecular flexibility index (Phi) is 9.69. The van der Waals surface area contributed by atoms with Crippen molar-refractivity contribution in [1.29, 1.82) is 0 Å². The third kappa shape index (κ3) is 12.9. The van der Waals surface area contributed by atoms with Crippen LogP contribution in [0.15, 0.2) is 0 Å². The number of aliphatic hydroxyl groups excluding tert-OH is 1. The van der Waals surface area contributed by atoms with Gasteiger partial charge in [-0.2, -0.15) is 0 Å². The summed E-state index contributed by atoms with van der Waals surface area (Å²) in [5.41, 5.74) is 0.0711. The molecule has 0 aromatic carbocycles. The van der Waals surface area contributed by atoms with E-state index in [-0.39, 0.29) is 11.6 Å². The van der Waals surface area contributed by atoms with Gasteiger partial charge in [-0.25, -0.2) is 0 Å². The van der Waals surface area contributed by atoms with Gasteiger partial charge in [-0.05, 0) is 58.5 Å². The van der Waals surface area contributed by atoms with E-state index in [1.54, 1.807) is 0 Å². The zero-order chi connectivity index (χ0) is 15.8. The van der Waals surface area contributed by atoms with Crippen molar-refractivity contribution < 1.29 is 5.11 Å². The largest absolute Gasteiger partial charge is 0.390 e. The van der Waals surface area contributed by atoms with Crippen molar-refractivity contribution in [2.24, 2.45) is 11.8 Å². The van der Waals surface area contributed by atoms with Gasteiger partial charge < -0.3 is 15.3 Å². The van der Waals surface area contributed by atoms with Crippen LogP contribution in [0.4, 0.5) is 0 Å². The first-order valence-electron chi connectivity index (χ1n) is 8.25. The van der Waals surface area contributed by atoms with Crippen LogP contribution in [0.3, 0.4) is 0 Å². The summed E-state index contributed by atoms with van der Waals surface area (Å²) in [6.07, 6.45) is 2.13. The molecule has 0 amide bonds. The molecule has 122 valence electrons. The molecule has 0 aliphatic rings. The number of nitrogens with one attached hydrogen (secondary N) is 1. The van der Waals surface area contributed by atoms with Crippen LogP contribution < -0.4 is 5.32 Å². The van der Waals surface area contributed by atoms with E-state index in [0.29, 0.717) is 6.54 Å². The normalized spacial score (nSPS) is 14.6. The molecule has 0 rings (SSSR count). The van der Waals surface area contributed by atoms with E-state index in [9.17, 15) is 5.11 Å². The third-order valence-electron chi connectivity index (χ3n) is 3.38. The summed E-state index contributed by atoms with van der Waals surface area (Å²) in [7, 11) is 0. The summed E-state index contributed by atoms with van der Waals surface area (Å²) in [5, 5.41) is 13.6. The van der Waals surface area contributed by atoms with Crippen LogP contribution in [0, 0.1) is 11.8 Å². The molecule has 0 aliphatic carbocycles. The van der Waals surface area contributed by atoms with E-state index < -0.39 is 0 Å². The minimum Gasteiger partial charge on any atom is -0.390 e. The lowest BCUT2D eigenvalue weighted by molar-refractivity contribution is 0.0997. The number of hydrogen-bond acceptors (Lipinski definition) is 3. The Morgan fingerprint density at radius 3 is 1.75 bits per heavy atom. The summed E-state index contributed by atoms with van der Waals surface area (Å²) in [4.78, 5) is 2.43. The van der Waals surface area contributed by atoms with E-state index in [1.807, 2.05) is 0 Å². The van der Waals surface area contributed by atoms with Crippen LogP contribution >= 0.6 is 0 Å². The maximum atomic E-state index is 10.2. The van der Waals surface area contributed by atoms with Gasteiger partial charge in [-0.3, -0.25) is 0 Å². The number of aliphatic hydroxyl groups is 1. The molecule has 0 heterocycles. The fourth-order valence-electron chi connectivity index (χ4n) is 1.96. The van der Waals surface area contributed by atoms with Crippen molar-refractivity contribution in [3.8, 4) is 0 Å². The molecule has 2 N–H and O–H groups in total. The van der Waals surface area contributed by atoms with Crippen LogP contribution in [-0.4, -0.2) is 47.8 Å². The minimum absolute atomic E-state index is 0.0711. The second-order valence-electron chi connectivity index (χ2n) is 7.95. The average molecular weight is 287 g/mol. The quantitative estimate of drug-likeness (QED) is 0.648. The average Bonchev–Trinajstić information content (AvgIpc) is 2.28. The summed E-state index contributed by atoms with van der Waals surface area (Å²) in [5.74, 6) is 1.45. The van der Waals surface area contributed by atoms with Crippen molar-refractivity contribution in [3.63, 3.8) is 0 Å². The molecule has 0 aromatic rings. The third-order valence-corrected chi connectivity index (χ3v) is 3.38. The fourth-order valence-corrected chi connectivity index (χ4v) is 1.96. The van der Waals surface area contributed by atoms with Gasteiger partial charge >= 0.3 is 0 Å². The topological polar surface area (TPSA) is 35.5 Å². The number of rotatable bonds is 10. The highest BCUT2D eigenvalue weighted by molar-refractivity contribution is 4.75. The lowest BCUT2D eigenvalue weighted by Gasteiger charge is -2.28. The standard InChI is InChI=1S/C17H38N2O/c1-14(2)8-10-19(11-9-15(3)4)13-16(20)12-18-17(5,6)7/h14-16,18,20H,8-13H2,1-7H3. The minimum atomic E-state index is -0.284. The predicted octanol–water partition coefficient (Wildman–Crippen LogP) is 3.13. The van der Waals surface area contributed by atoms with Gasteiger partial charge in [-0.1, -0.05) is 27.7 Å². The van der Waals surface area contributed by atoms with Gasteiger partial charge in [-0.15, -0.1) is 0 Å². The van der Waals surface area contributed by atoms with Crippen LogP contribution in [-0.2, 0) is 0 Å². The van der Waals surface area contributed by atoms with E-state index in [2.05, 4.69) is 58.7 Å². The molecule has 1 unspecified atom stereocenters. The molecule has 0 aliphatic heterocycles. The molecule has 0 fully saturated rings. The molecule has 0 saturated carbocycles. The first-order chi connectivity index (χ1) is 9.10. The van der Waals surface area contributed by atoms with Crippen LogP contribution in [0.25, 0.3) is 0 Å². The summed E-state index contributed by atoms with van der Waals surface area (Å²) < 4.78 is 0. The smallest absolute Gasteiger partial charge is 0.0791 e. The molecular weight excluding hydrogens is 248 g/mol. The highest BCUT2D eigenvalue weighted by Crippen LogP contribution is 2.07. The van der Waals surface area contributed by atoms with E-state index in [1.165, 1.54) is 12.8 Å². The van der Waals surface area contributed by atoms with Crippen molar-refractivity contribution in [3.05, 3.63) is 0 Å². The molecule has 3 nitrogen and oxygen atoms in total. The molecule has 20 heavy (non-hydrogen) atoms. The zero-order valence-corrected chi connectivity index (χ0v) is 14.9. The molecule has 3 heteroatoms. The second-order valence-corrected chi connectivity index (χ2v) is 7.95. The highest BCUT2D eigenvalue weighted by atomic mass is 16.3. The number of nitrogens with zero attached hydrogens (tertiary/aromatic N) is 1. The Bertz CT molecular complexity index is 222. The van der Waals surface area contributed by atoms with Gasteiger partial charge in [0.15, 0.2) is 0 Å². The van der Waals surface area contributed by atoms with E-state index >= 15 is 0 Å². The summed E-state index contributed by atoms with van der Waals surface area (Å²) in [6, 6.07) is 0. The first-order valence-corrected chi connectivity index (χ1v) is 8.25. The van der Waals surface area contributed by atoms with Gasteiger partial charge in [0.1, 0.15) is 0 Å². The molecule has 0 bridgehead atoms. The van der Waals surface area contributed by atoms with Crippen LogP contribution in [0.5, 0.6) is 0 Å². The van der Waals surface area contributed by atoms with Gasteiger partial charge in [0.25, 0.3) is 0 Å². The molecule has 0 spiro atoms. The molecular formula is C17H38N2O. The van der Waals surface area contributed by atoms with Crippen LogP contribution in [0.1, 0.15) is 61.3 Å². The Labute approximate surface area is 127 Å².